The predicted octanol–water partition coefficient (Wildman–Crippen LogP) is 5.47. The van der Waals surface area contributed by atoms with Gasteiger partial charge >= 0.3 is 0 Å². The number of hydrogen-bond acceptors (Lipinski definition) is 1. The van der Waals surface area contributed by atoms with Crippen LogP contribution in [0.2, 0.25) is 0 Å². The highest BCUT2D eigenvalue weighted by Crippen LogP contribution is 2.44. The first-order valence-electron chi connectivity index (χ1n) is 8.20. The molecule has 1 aromatic rings. The van der Waals surface area contributed by atoms with E-state index in [1.54, 1.807) is 0 Å². The molecule has 0 radical (unpaired) electrons. The Hall–Kier alpha value is -1.76. The smallest absolute Gasteiger partial charge is 0.0446 e. The molecular formula is C20H25N. The molecule has 0 bridgehead atoms. The normalized spacial score (nSPS) is 26.0. The van der Waals surface area contributed by atoms with Crippen LogP contribution in [-0.4, -0.2) is 6.04 Å². The molecule has 3 rings (SSSR count). The van der Waals surface area contributed by atoms with Crippen LogP contribution in [0, 0.1) is 5.92 Å². The highest BCUT2D eigenvalue weighted by Gasteiger charge is 2.39. The maximum atomic E-state index is 4.11. The van der Waals surface area contributed by atoms with E-state index in [2.05, 4.69) is 67.0 Å². The number of hydrogen-bond donors (Lipinski definition) is 0. The molecule has 0 aromatic heterocycles. The molecule has 1 aliphatic heterocycles. The second kappa shape index (κ2) is 6.34. The van der Waals surface area contributed by atoms with Gasteiger partial charge in [-0.2, -0.15) is 0 Å². The summed E-state index contributed by atoms with van der Waals surface area (Å²) < 4.78 is 0. The number of rotatable bonds is 3. The summed E-state index contributed by atoms with van der Waals surface area (Å²) in [6.07, 6.45) is 13.2. The van der Waals surface area contributed by atoms with Crippen LogP contribution in [0.25, 0.3) is 0 Å². The molecule has 21 heavy (non-hydrogen) atoms. The molecule has 1 fully saturated rings. The van der Waals surface area contributed by atoms with Gasteiger partial charge in [0.25, 0.3) is 0 Å². The van der Waals surface area contributed by atoms with E-state index in [1.807, 2.05) is 0 Å². The van der Waals surface area contributed by atoms with Crippen LogP contribution in [0.15, 0.2) is 66.4 Å². The highest BCUT2D eigenvalue weighted by molar-refractivity contribution is 5.62. The zero-order valence-corrected chi connectivity index (χ0v) is 13.0. The number of benzene rings is 1. The Morgan fingerprint density at radius 3 is 2.57 bits per heavy atom. The van der Waals surface area contributed by atoms with Crippen LogP contribution in [0.5, 0.6) is 0 Å². The van der Waals surface area contributed by atoms with Crippen molar-refractivity contribution in [3.63, 3.8) is 0 Å². The predicted molar refractivity (Wildman–Crippen MR) is 91.3 cm³/mol. The number of allylic oxidation sites excluding steroid dienone is 3. The zero-order valence-electron chi connectivity index (χ0n) is 13.0. The average molecular weight is 279 g/mol. The molecule has 2 atom stereocenters. The molecule has 1 aromatic carbocycles. The zero-order chi connectivity index (χ0) is 14.7. The lowest BCUT2D eigenvalue weighted by atomic mass is 9.90. The number of fused-ring (bicyclic) bond motifs is 1. The molecule has 1 heterocycles. The summed E-state index contributed by atoms with van der Waals surface area (Å²) in [4.78, 5) is 2.56. The van der Waals surface area contributed by atoms with Crippen molar-refractivity contribution in [3.05, 3.63) is 66.4 Å². The fourth-order valence-electron chi connectivity index (χ4n) is 3.98. The van der Waals surface area contributed by atoms with Crippen molar-refractivity contribution < 1.29 is 0 Å². The average Bonchev–Trinajstić information content (AvgIpc) is 2.66. The molecule has 1 saturated carbocycles. The topological polar surface area (TPSA) is 3.24 Å². The van der Waals surface area contributed by atoms with Crippen molar-refractivity contribution in [2.75, 3.05) is 4.90 Å². The van der Waals surface area contributed by atoms with Crippen LogP contribution < -0.4 is 4.90 Å². The van der Waals surface area contributed by atoms with E-state index < -0.39 is 0 Å². The van der Waals surface area contributed by atoms with Crippen molar-refractivity contribution in [2.45, 2.75) is 45.1 Å². The van der Waals surface area contributed by atoms with Gasteiger partial charge in [-0.3, -0.25) is 0 Å². The van der Waals surface area contributed by atoms with Crippen molar-refractivity contribution in [1.82, 2.24) is 0 Å². The van der Waals surface area contributed by atoms with Gasteiger partial charge in [-0.15, -0.1) is 0 Å². The van der Waals surface area contributed by atoms with Gasteiger partial charge in [0, 0.05) is 23.3 Å². The van der Waals surface area contributed by atoms with Crippen LogP contribution in [0.3, 0.4) is 0 Å². The third-order valence-corrected chi connectivity index (χ3v) is 4.84. The molecule has 110 valence electrons. The third-order valence-electron chi connectivity index (χ3n) is 4.84. The van der Waals surface area contributed by atoms with Gasteiger partial charge in [-0.05, 0) is 43.5 Å². The van der Waals surface area contributed by atoms with Crippen molar-refractivity contribution in [3.8, 4) is 0 Å². The molecule has 0 amide bonds. The Morgan fingerprint density at radius 2 is 1.86 bits per heavy atom. The van der Waals surface area contributed by atoms with E-state index >= 15 is 0 Å². The molecule has 0 N–H and O–H groups in total. The minimum Gasteiger partial charge on any atom is -0.338 e. The van der Waals surface area contributed by atoms with Gasteiger partial charge < -0.3 is 4.90 Å². The lowest BCUT2D eigenvalue weighted by Crippen LogP contribution is -2.33. The maximum absolute atomic E-state index is 4.11. The second-order valence-electron chi connectivity index (χ2n) is 6.06. The Kier molecular flexibility index (Phi) is 4.28. The summed E-state index contributed by atoms with van der Waals surface area (Å²) in [5.74, 6) is 0.649. The van der Waals surface area contributed by atoms with E-state index in [0.29, 0.717) is 12.0 Å². The monoisotopic (exact) mass is 279 g/mol. The largest absolute Gasteiger partial charge is 0.338 e. The number of para-hydroxylation sites is 1. The van der Waals surface area contributed by atoms with Gasteiger partial charge in [0.1, 0.15) is 0 Å². The minimum atomic E-state index is 0.606. The number of nitrogens with zero attached hydrogens (tertiary/aromatic N) is 1. The van der Waals surface area contributed by atoms with E-state index in [0.717, 1.165) is 0 Å². The fraction of sp³-hybridized carbons (Fsp3) is 0.400. The standard InChI is InChI=1S/C20H25N/c1-3-11-19-17(4-2)18-14-9-6-10-15-20(18)21(19)16-12-7-5-8-13-16/h3-5,7-8,11-13,18,20H,2,6,9-10,14-15H2,1H3/b11-3-. The van der Waals surface area contributed by atoms with Crippen molar-refractivity contribution in [2.24, 2.45) is 5.92 Å². The minimum absolute atomic E-state index is 0.606. The Morgan fingerprint density at radius 1 is 1.10 bits per heavy atom. The summed E-state index contributed by atoms with van der Waals surface area (Å²) in [5, 5.41) is 0. The SMILES string of the molecule is C=CC1=C(/C=C\C)N(c2ccccc2)C2CCCCCC12. The molecule has 2 unspecified atom stereocenters. The Balaban J connectivity index is 2.09. The summed E-state index contributed by atoms with van der Waals surface area (Å²) in [6, 6.07) is 11.4. The fourth-order valence-corrected chi connectivity index (χ4v) is 3.98. The highest BCUT2D eigenvalue weighted by atomic mass is 15.2. The molecular weight excluding hydrogens is 254 g/mol. The first-order valence-corrected chi connectivity index (χ1v) is 8.20. The molecule has 0 spiro atoms. The Labute approximate surface area is 128 Å². The van der Waals surface area contributed by atoms with Gasteiger partial charge in [0.05, 0.1) is 0 Å². The molecule has 0 saturated heterocycles. The summed E-state index contributed by atoms with van der Waals surface area (Å²) in [6.45, 7) is 6.21. The molecule has 1 nitrogen and oxygen atoms in total. The first kappa shape index (κ1) is 14.2. The summed E-state index contributed by atoms with van der Waals surface area (Å²) in [7, 11) is 0. The van der Waals surface area contributed by atoms with Crippen LogP contribution in [0.4, 0.5) is 5.69 Å². The van der Waals surface area contributed by atoms with Gasteiger partial charge in [-0.25, -0.2) is 0 Å². The maximum Gasteiger partial charge on any atom is 0.0446 e. The van der Waals surface area contributed by atoms with Crippen molar-refractivity contribution in [1.29, 1.82) is 0 Å². The quantitative estimate of drug-likeness (QED) is 0.709. The summed E-state index contributed by atoms with van der Waals surface area (Å²) >= 11 is 0. The van der Waals surface area contributed by atoms with Crippen LogP contribution in [0.1, 0.15) is 39.0 Å². The number of anilines is 1. The van der Waals surface area contributed by atoms with Crippen LogP contribution in [-0.2, 0) is 0 Å². The van der Waals surface area contributed by atoms with E-state index in [1.165, 1.54) is 49.1 Å². The molecule has 2 aliphatic rings. The Bertz CT molecular complexity index is 552. The second-order valence-corrected chi connectivity index (χ2v) is 6.06. The van der Waals surface area contributed by atoms with E-state index in [9.17, 15) is 0 Å². The molecule has 1 aliphatic carbocycles. The van der Waals surface area contributed by atoms with E-state index in [4.69, 9.17) is 0 Å². The third kappa shape index (κ3) is 2.57. The molecule has 1 heteroatoms. The van der Waals surface area contributed by atoms with Gasteiger partial charge in [-0.1, -0.05) is 56.2 Å². The van der Waals surface area contributed by atoms with Crippen LogP contribution >= 0.6 is 0 Å². The summed E-state index contributed by atoms with van der Waals surface area (Å²) in [5.41, 5.74) is 4.12. The van der Waals surface area contributed by atoms with Crippen molar-refractivity contribution >= 4 is 5.69 Å². The lowest BCUT2D eigenvalue weighted by molar-refractivity contribution is 0.480. The lowest BCUT2D eigenvalue weighted by Gasteiger charge is -2.31. The van der Waals surface area contributed by atoms with Gasteiger partial charge in [0.15, 0.2) is 0 Å². The van der Waals surface area contributed by atoms with Gasteiger partial charge in [0.2, 0.25) is 0 Å². The first-order chi connectivity index (χ1) is 10.4. The van der Waals surface area contributed by atoms with E-state index in [-0.39, 0.29) is 0 Å².